The number of β-lactam (4-membered cyclic amide) rings is 1. The fourth-order valence-electron chi connectivity index (χ4n) is 2.28. The van der Waals surface area contributed by atoms with Crippen LogP contribution >= 0.6 is 23.5 Å². The van der Waals surface area contributed by atoms with Crippen molar-refractivity contribution >= 4 is 35.4 Å². The van der Waals surface area contributed by atoms with Crippen molar-refractivity contribution in [2.45, 2.75) is 28.7 Å². The molecular weight excluding hydrogens is 316 g/mol. The summed E-state index contributed by atoms with van der Waals surface area (Å²) in [6, 6.07) is -0.619. The molecular formula is C10H12N6O3S2. The van der Waals surface area contributed by atoms with Gasteiger partial charge in [-0.3, -0.25) is 9.69 Å². The summed E-state index contributed by atoms with van der Waals surface area (Å²) in [5.74, 6) is -0.953. The van der Waals surface area contributed by atoms with Crippen molar-refractivity contribution in [2.75, 3.05) is 5.75 Å². The number of amides is 1. The summed E-state index contributed by atoms with van der Waals surface area (Å²) in [5.41, 5.74) is 6.41. The van der Waals surface area contributed by atoms with Gasteiger partial charge in [0.1, 0.15) is 17.1 Å². The smallest absolute Gasteiger partial charge is 0.352 e. The Labute approximate surface area is 127 Å². The number of nitrogens with two attached hydrogens (primary N) is 1. The molecule has 0 radical (unpaired) electrons. The van der Waals surface area contributed by atoms with Crippen molar-refractivity contribution in [3.8, 4) is 0 Å². The Morgan fingerprint density at radius 3 is 3.05 bits per heavy atom. The van der Waals surface area contributed by atoms with E-state index in [2.05, 4.69) is 20.6 Å². The number of aliphatic carboxylic acids is 1. The predicted molar refractivity (Wildman–Crippen MR) is 75.2 cm³/mol. The van der Waals surface area contributed by atoms with Gasteiger partial charge in [-0.15, -0.1) is 22.0 Å². The highest BCUT2D eigenvalue weighted by molar-refractivity contribution is 8.01. The molecule has 0 aromatic carbocycles. The standard InChI is InChI=1S/C10H12N6O3S2/c1-3(21-10-12-14-15-13-10)4-2-20-8-5(11)7(17)16(8)6(4)9(18)19/h3,5,8H,2,11H2,1H3,(H,18,19)(H,12,13,14,15)/t3?,5?,8-/m1/s1. The van der Waals surface area contributed by atoms with Crippen LogP contribution in [0.5, 0.6) is 0 Å². The Hall–Kier alpha value is -1.59. The van der Waals surface area contributed by atoms with E-state index < -0.39 is 12.0 Å². The first-order valence-electron chi connectivity index (χ1n) is 6.07. The molecule has 3 heterocycles. The number of carbonyl (C=O) groups excluding carboxylic acids is 1. The number of hydrogen-bond donors (Lipinski definition) is 3. The number of carbonyl (C=O) groups is 2. The molecule has 0 aliphatic carbocycles. The number of fused-ring (bicyclic) bond motifs is 1. The second-order valence-electron chi connectivity index (χ2n) is 4.57. The van der Waals surface area contributed by atoms with Crippen molar-refractivity contribution in [1.29, 1.82) is 0 Å². The molecule has 1 amide bonds. The highest BCUT2D eigenvalue weighted by Crippen LogP contribution is 2.42. The topological polar surface area (TPSA) is 138 Å². The first-order chi connectivity index (χ1) is 10.0. The summed E-state index contributed by atoms with van der Waals surface area (Å²) in [5, 5.41) is 22.9. The molecule has 1 aromatic heterocycles. The number of aromatic amines is 1. The lowest BCUT2D eigenvalue weighted by molar-refractivity contribution is -0.148. The average molecular weight is 328 g/mol. The normalized spacial score (nSPS) is 26.4. The van der Waals surface area contributed by atoms with Crippen LogP contribution in [0.4, 0.5) is 0 Å². The zero-order valence-corrected chi connectivity index (χ0v) is 12.5. The Morgan fingerprint density at radius 2 is 2.43 bits per heavy atom. The molecule has 4 N–H and O–H groups in total. The molecule has 0 saturated carbocycles. The fourth-order valence-corrected chi connectivity index (χ4v) is 4.64. The van der Waals surface area contributed by atoms with E-state index in [0.29, 0.717) is 16.5 Å². The first-order valence-corrected chi connectivity index (χ1v) is 8.00. The van der Waals surface area contributed by atoms with Crippen LogP contribution in [0.2, 0.25) is 0 Å². The average Bonchev–Trinajstić information content (AvgIpc) is 2.97. The number of carboxylic acids is 1. The Morgan fingerprint density at radius 1 is 1.67 bits per heavy atom. The molecule has 112 valence electrons. The molecule has 1 fully saturated rings. The number of thioether (sulfide) groups is 2. The van der Waals surface area contributed by atoms with Gasteiger partial charge in [0.25, 0.3) is 0 Å². The van der Waals surface area contributed by atoms with E-state index in [9.17, 15) is 14.7 Å². The van der Waals surface area contributed by atoms with E-state index in [1.807, 2.05) is 6.92 Å². The van der Waals surface area contributed by atoms with E-state index in [1.165, 1.54) is 28.4 Å². The highest BCUT2D eigenvalue weighted by Gasteiger charge is 2.52. The van der Waals surface area contributed by atoms with Gasteiger partial charge in [0.15, 0.2) is 0 Å². The maximum atomic E-state index is 11.8. The van der Waals surface area contributed by atoms with Gasteiger partial charge in [0.2, 0.25) is 11.1 Å². The molecule has 9 nitrogen and oxygen atoms in total. The summed E-state index contributed by atoms with van der Waals surface area (Å²) < 4.78 is 0. The van der Waals surface area contributed by atoms with Crippen LogP contribution < -0.4 is 5.73 Å². The maximum Gasteiger partial charge on any atom is 0.352 e. The molecule has 2 aliphatic heterocycles. The quantitative estimate of drug-likeness (QED) is 0.482. The van der Waals surface area contributed by atoms with E-state index in [-0.39, 0.29) is 22.2 Å². The molecule has 11 heteroatoms. The van der Waals surface area contributed by atoms with Crippen LogP contribution in [-0.4, -0.2) is 64.9 Å². The van der Waals surface area contributed by atoms with Gasteiger partial charge in [-0.05, 0) is 17.7 Å². The molecule has 2 unspecified atom stereocenters. The third-order valence-corrected chi connectivity index (χ3v) is 5.69. The minimum atomic E-state index is -1.11. The highest BCUT2D eigenvalue weighted by atomic mass is 32.2. The maximum absolute atomic E-state index is 11.8. The SMILES string of the molecule is CC(Sc1nn[nH]n1)C1=C(C(=O)O)N2C(=O)C(N)[C@H]2SC1. The van der Waals surface area contributed by atoms with Crippen molar-refractivity contribution in [3.05, 3.63) is 11.3 Å². The molecule has 3 atom stereocenters. The van der Waals surface area contributed by atoms with Crippen LogP contribution in [0.15, 0.2) is 16.4 Å². The van der Waals surface area contributed by atoms with Crippen LogP contribution in [0, 0.1) is 0 Å². The molecule has 1 saturated heterocycles. The Kier molecular flexibility index (Phi) is 3.63. The van der Waals surface area contributed by atoms with Gasteiger partial charge in [0.05, 0.1) is 0 Å². The summed E-state index contributed by atoms with van der Waals surface area (Å²) >= 11 is 2.76. The van der Waals surface area contributed by atoms with E-state index in [1.54, 1.807) is 0 Å². The van der Waals surface area contributed by atoms with E-state index >= 15 is 0 Å². The van der Waals surface area contributed by atoms with Gasteiger partial charge in [-0.1, -0.05) is 11.8 Å². The van der Waals surface area contributed by atoms with Crippen LogP contribution in [-0.2, 0) is 9.59 Å². The van der Waals surface area contributed by atoms with Gasteiger partial charge < -0.3 is 10.8 Å². The van der Waals surface area contributed by atoms with Crippen LogP contribution in [0.25, 0.3) is 0 Å². The van der Waals surface area contributed by atoms with Crippen molar-refractivity contribution < 1.29 is 14.7 Å². The van der Waals surface area contributed by atoms with Gasteiger partial charge in [-0.2, -0.15) is 5.21 Å². The van der Waals surface area contributed by atoms with Gasteiger partial charge in [0, 0.05) is 11.0 Å². The molecule has 21 heavy (non-hydrogen) atoms. The zero-order valence-electron chi connectivity index (χ0n) is 10.9. The third kappa shape index (κ3) is 2.30. The van der Waals surface area contributed by atoms with E-state index in [4.69, 9.17) is 5.73 Å². The molecule has 0 bridgehead atoms. The molecule has 3 rings (SSSR count). The monoisotopic (exact) mass is 328 g/mol. The molecule has 2 aliphatic rings. The number of carboxylic acid groups (broad SMARTS) is 1. The summed E-state index contributed by atoms with van der Waals surface area (Å²) in [4.78, 5) is 24.7. The first kappa shape index (κ1) is 14.4. The van der Waals surface area contributed by atoms with Crippen LogP contribution in [0.3, 0.4) is 0 Å². The molecule has 1 aromatic rings. The molecule has 0 spiro atoms. The summed E-state index contributed by atoms with van der Waals surface area (Å²) in [6.07, 6.45) is 0. The van der Waals surface area contributed by atoms with Crippen molar-refractivity contribution in [2.24, 2.45) is 5.73 Å². The van der Waals surface area contributed by atoms with Gasteiger partial charge in [-0.25, -0.2) is 4.79 Å². The number of tetrazole rings is 1. The number of H-pyrrole nitrogens is 1. The lowest BCUT2D eigenvalue weighted by Crippen LogP contribution is -2.68. The second-order valence-corrected chi connectivity index (χ2v) is 6.98. The number of nitrogens with one attached hydrogen (secondary N) is 1. The van der Waals surface area contributed by atoms with Crippen LogP contribution in [0.1, 0.15) is 6.92 Å². The number of rotatable bonds is 4. The minimum Gasteiger partial charge on any atom is -0.477 e. The predicted octanol–water partition coefficient (Wildman–Crippen LogP) is -0.739. The largest absolute Gasteiger partial charge is 0.477 e. The van der Waals surface area contributed by atoms with E-state index in [0.717, 1.165) is 0 Å². The summed E-state index contributed by atoms with van der Waals surface area (Å²) in [6.45, 7) is 1.85. The Balaban J connectivity index is 1.90. The zero-order chi connectivity index (χ0) is 15.1. The number of nitrogens with zero attached hydrogens (tertiary/aromatic N) is 4. The second kappa shape index (κ2) is 5.31. The Bertz CT molecular complexity index is 618. The summed E-state index contributed by atoms with van der Waals surface area (Å²) in [7, 11) is 0. The fraction of sp³-hybridized carbons (Fsp3) is 0.500. The van der Waals surface area contributed by atoms with Gasteiger partial charge >= 0.3 is 5.97 Å². The lowest BCUT2D eigenvalue weighted by atomic mass is 10.0. The number of aromatic nitrogens is 4. The number of hydrogen-bond acceptors (Lipinski definition) is 8. The third-order valence-electron chi connectivity index (χ3n) is 3.34. The van der Waals surface area contributed by atoms with Crippen molar-refractivity contribution in [1.82, 2.24) is 25.5 Å². The van der Waals surface area contributed by atoms with Crippen molar-refractivity contribution in [3.63, 3.8) is 0 Å². The minimum absolute atomic E-state index is 0.0361. The lowest BCUT2D eigenvalue weighted by Gasteiger charge is -2.48.